The number of hydrogen-bond acceptors (Lipinski definition) is 3. The number of nitrogens with one attached hydrogen (secondary N) is 1. The highest BCUT2D eigenvalue weighted by Gasteiger charge is 2.38. The number of esters is 1. The van der Waals surface area contributed by atoms with Crippen LogP contribution in [0.4, 0.5) is 5.69 Å². The van der Waals surface area contributed by atoms with Crippen molar-refractivity contribution in [1.29, 1.82) is 0 Å². The maximum Gasteiger partial charge on any atom is 0.313 e. The standard InChI is InChI=1S/C21H27NO2/c1-4-24-20(23)21(2,3)19(22-18-13-9-6-10-14-18)16-15-17-11-7-5-8-12-17/h5-14,19,22H,4,15-16H2,1-3H3. The molecule has 0 amide bonds. The van der Waals surface area contributed by atoms with Gasteiger partial charge in [0.15, 0.2) is 0 Å². The second kappa shape index (κ2) is 8.53. The van der Waals surface area contributed by atoms with E-state index in [1.165, 1.54) is 5.56 Å². The molecule has 1 N–H and O–H groups in total. The molecule has 0 fully saturated rings. The molecule has 2 aromatic rings. The lowest BCUT2D eigenvalue weighted by Crippen LogP contribution is -2.43. The van der Waals surface area contributed by atoms with Gasteiger partial charge in [-0.1, -0.05) is 48.5 Å². The molecule has 0 aromatic heterocycles. The molecule has 0 heterocycles. The van der Waals surface area contributed by atoms with Crippen LogP contribution in [0.25, 0.3) is 0 Å². The molecule has 0 saturated heterocycles. The number of hydrogen-bond donors (Lipinski definition) is 1. The molecule has 0 saturated carbocycles. The van der Waals surface area contributed by atoms with Gasteiger partial charge in [0.25, 0.3) is 0 Å². The van der Waals surface area contributed by atoms with Gasteiger partial charge in [0.1, 0.15) is 0 Å². The molecule has 1 unspecified atom stereocenters. The molecule has 0 aliphatic rings. The van der Waals surface area contributed by atoms with Gasteiger partial charge in [0.05, 0.1) is 12.0 Å². The van der Waals surface area contributed by atoms with Crippen molar-refractivity contribution < 1.29 is 9.53 Å². The van der Waals surface area contributed by atoms with Crippen LogP contribution >= 0.6 is 0 Å². The third-order valence-electron chi connectivity index (χ3n) is 4.35. The molecule has 0 radical (unpaired) electrons. The van der Waals surface area contributed by atoms with Crippen LogP contribution in [0.5, 0.6) is 0 Å². The van der Waals surface area contributed by atoms with Crippen molar-refractivity contribution in [2.24, 2.45) is 5.41 Å². The Kier molecular flexibility index (Phi) is 6.42. The summed E-state index contributed by atoms with van der Waals surface area (Å²) in [6.07, 6.45) is 1.76. The van der Waals surface area contributed by atoms with Gasteiger partial charge >= 0.3 is 5.97 Å². The first-order chi connectivity index (χ1) is 11.5. The summed E-state index contributed by atoms with van der Waals surface area (Å²) in [6, 6.07) is 20.4. The van der Waals surface area contributed by atoms with Crippen LogP contribution in [-0.4, -0.2) is 18.6 Å². The molecule has 3 nitrogen and oxygen atoms in total. The lowest BCUT2D eigenvalue weighted by molar-refractivity contribution is -0.154. The Morgan fingerprint density at radius 2 is 1.62 bits per heavy atom. The van der Waals surface area contributed by atoms with Crippen molar-refractivity contribution in [3.05, 3.63) is 66.2 Å². The molecule has 2 aromatic carbocycles. The van der Waals surface area contributed by atoms with Gasteiger partial charge in [0.2, 0.25) is 0 Å². The van der Waals surface area contributed by atoms with Crippen LogP contribution < -0.4 is 5.32 Å². The molecule has 0 spiro atoms. The van der Waals surface area contributed by atoms with Crippen LogP contribution in [0, 0.1) is 5.41 Å². The Balaban J connectivity index is 2.15. The van der Waals surface area contributed by atoms with E-state index in [0.717, 1.165) is 18.5 Å². The van der Waals surface area contributed by atoms with Crippen molar-refractivity contribution in [3.8, 4) is 0 Å². The molecule has 3 heteroatoms. The predicted octanol–water partition coefficient (Wildman–Crippen LogP) is 4.69. The van der Waals surface area contributed by atoms with Gasteiger partial charge in [0, 0.05) is 11.7 Å². The number of para-hydroxylation sites is 1. The smallest absolute Gasteiger partial charge is 0.313 e. The topological polar surface area (TPSA) is 38.3 Å². The fraction of sp³-hybridized carbons (Fsp3) is 0.381. The van der Waals surface area contributed by atoms with E-state index in [0.29, 0.717) is 6.61 Å². The van der Waals surface area contributed by atoms with Gasteiger partial charge in [-0.2, -0.15) is 0 Å². The number of benzene rings is 2. The Morgan fingerprint density at radius 1 is 1.04 bits per heavy atom. The number of carbonyl (C=O) groups excluding carboxylic acids is 1. The van der Waals surface area contributed by atoms with Crippen LogP contribution in [0.3, 0.4) is 0 Å². The molecular formula is C21H27NO2. The molecule has 0 bridgehead atoms. The third kappa shape index (κ3) is 4.85. The van der Waals surface area contributed by atoms with E-state index in [-0.39, 0.29) is 12.0 Å². The minimum Gasteiger partial charge on any atom is -0.466 e. The molecule has 2 rings (SSSR count). The van der Waals surface area contributed by atoms with Crippen molar-refractivity contribution in [2.75, 3.05) is 11.9 Å². The summed E-state index contributed by atoms with van der Waals surface area (Å²) in [5.74, 6) is -0.161. The van der Waals surface area contributed by atoms with E-state index in [4.69, 9.17) is 4.74 Å². The molecule has 24 heavy (non-hydrogen) atoms. The zero-order valence-electron chi connectivity index (χ0n) is 14.8. The van der Waals surface area contributed by atoms with Crippen LogP contribution in [0.15, 0.2) is 60.7 Å². The number of carbonyl (C=O) groups is 1. The highest BCUT2D eigenvalue weighted by atomic mass is 16.5. The zero-order valence-corrected chi connectivity index (χ0v) is 14.8. The molecule has 0 aliphatic heterocycles. The van der Waals surface area contributed by atoms with Crippen molar-refractivity contribution in [2.45, 2.75) is 39.7 Å². The summed E-state index contributed by atoms with van der Waals surface area (Å²) >= 11 is 0. The number of anilines is 1. The molecule has 0 aliphatic carbocycles. The Hall–Kier alpha value is -2.29. The summed E-state index contributed by atoms with van der Waals surface area (Å²) < 4.78 is 5.30. The van der Waals surface area contributed by atoms with Crippen molar-refractivity contribution in [3.63, 3.8) is 0 Å². The highest BCUT2D eigenvalue weighted by molar-refractivity contribution is 5.77. The Morgan fingerprint density at radius 3 is 2.21 bits per heavy atom. The minimum absolute atomic E-state index is 0.0147. The lowest BCUT2D eigenvalue weighted by Gasteiger charge is -2.33. The second-order valence-corrected chi connectivity index (χ2v) is 6.53. The summed E-state index contributed by atoms with van der Waals surface area (Å²) in [4.78, 5) is 12.4. The van der Waals surface area contributed by atoms with Gasteiger partial charge in [-0.05, 0) is 51.3 Å². The fourth-order valence-corrected chi connectivity index (χ4v) is 2.76. The number of rotatable bonds is 8. The maximum atomic E-state index is 12.4. The average molecular weight is 325 g/mol. The zero-order chi connectivity index (χ0) is 17.4. The fourth-order valence-electron chi connectivity index (χ4n) is 2.76. The normalized spacial score (nSPS) is 12.5. The van der Waals surface area contributed by atoms with E-state index < -0.39 is 5.41 Å². The van der Waals surface area contributed by atoms with Gasteiger partial charge in [-0.3, -0.25) is 4.79 Å². The van der Waals surface area contributed by atoms with Gasteiger partial charge in [-0.15, -0.1) is 0 Å². The molecule has 128 valence electrons. The van der Waals surface area contributed by atoms with E-state index in [1.807, 2.05) is 69.3 Å². The van der Waals surface area contributed by atoms with Crippen molar-refractivity contribution in [1.82, 2.24) is 0 Å². The monoisotopic (exact) mass is 325 g/mol. The van der Waals surface area contributed by atoms with Crippen LogP contribution in [-0.2, 0) is 16.0 Å². The molecular weight excluding hydrogens is 298 g/mol. The number of aryl methyl sites for hydroxylation is 1. The SMILES string of the molecule is CCOC(=O)C(C)(C)C(CCc1ccccc1)Nc1ccccc1. The summed E-state index contributed by atoms with van der Waals surface area (Å²) in [6.45, 7) is 6.16. The van der Waals surface area contributed by atoms with Gasteiger partial charge < -0.3 is 10.1 Å². The van der Waals surface area contributed by atoms with E-state index in [1.54, 1.807) is 0 Å². The summed E-state index contributed by atoms with van der Waals surface area (Å²) in [7, 11) is 0. The highest BCUT2D eigenvalue weighted by Crippen LogP contribution is 2.29. The predicted molar refractivity (Wildman–Crippen MR) is 99.0 cm³/mol. The largest absolute Gasteiger partial charge is 0.466 e. The summed E-state index contributed by atoms with van der Waals surface area (Å²) in [5, 5.41) is 3.53. The quantitative estimate of drug-likeness (QED) is 0.716. The first-order valence-electron chi connectivity index (χ1n) is 8.56. The Labute approximate surface area is 145 Å². The minimum atomic E-state index is -0.610. The lowest BCUT2D eigenvalue weighted by atomic mass is 9.81. The summed E-state index contributed by atoms with van der Waals surface area (Å²) in [5.41, 5.74) is 1.69. The van der Waals surface area contributed by atoms with E-state index in [9.17, 15) is 4.79 Å². The average Bonchev–Trinajstić information content (AvgIpc) is 2.60. The van der Waals surface area contributed by atoms with Crippen LogP contribution in [0.1, 0.15) is 32.8 Å². The number of ether oxygens (including phenoxy) is 1. The Bertz CT molecular complexity index is 623. The first-order valence-corrected chi connectivity index (χ1v) is 8.56. The van der Waals surface area contributed by atoms with Crippen LogP contribution in [0.2, 0.25) is 0 Å². The second-order valence-electron chi connectivity index (χ2n) is 6.53. The first kappa shape index (κ1) is 18.1. The van der Waals surface area contributed by atoms with Crippen molar-refractivity contribution >= 4 is 11.7 Å². The maximum absolute atomic E-state index is 12.4. The van der Waals surface area contributed by atoms with Gasteiger partial charge in [-0.25, -0.2) is 0 Å². The third-order valence-corrected chi connectivity index (χ3v) is 4.35. The van der Waals surface area contributed by atoms with E-state index in [2.05, 4.69) is 17.4 Å². The van der Waals surface area contributed by atoms with E-state index >= 15 is 0 Å². The molecule has 1 atom stereocenters.